The number of nitrogens with one attached hydrogen (secondary N) is 1. The van der Waals surface area contributed by atoms with E-state index in [1.165, 1.54) is 0 Å². The molecular weight excluding hydrogens is 204 g/mol. The monoisotopic (exact) mass is 214 g/mol. The lowest BCUT2D eigenvalue weighted by Gasteiger charge is -2.01. The molecule has 0 aliphatic rings. The Hall–Kier alpha value is -2.36. The van der Waals surface area contributed by atoms with Crippen LogP contribution in [-0.4, -0.2) is 10.9 Å². The number of aromatic nitrogens is 1. The Bertz CT molecular complexity index is 587. The number of carbonyl (C=O) groups excluding carboxylic acids is 1. The lowest BCUT2D eigenvalue weighted by Crippen LogP contribution is -2.11. The second-order valence-corrected chi connectivity index (χ2v) is 3.36. The van der Waals surface area contributed by atoms with Crippen molar-refractivity contribution in [1.29, 1.82) is 0 Å². The summed E-state index contributed by atoms with van der Waals surface area (Å²) in [5.74, 6) is -0.505. The first-order valence-corrected chi connectivity index (χ1v) is 4.76. The summed E-state index contributed by atoms with van der Waals surface area (Å²) in [4.78, 5) is 25.1. The van der Waals surface area contributed by atoms with Crippen molar-refractivity contribution in [2.75, 3.05) is 0 Å². The molecule has 80 valence electrons. The summed E-state index contributed by atoms with van der Waals surface area (Å²) >= 11 is 0. The standard InChI is InChI=1S/C12H10N2O2/c13-11(15)9-4-1-3-8(7-9)10-5-2-6-14-12(10)16/h1-7H,(H2,13,15)(H,14,16). The molecular formula is C12H10N2O2. The van der Waals surface area contributed by atoms with E-state index in [2.05, 4.69) is 4.98 Å². The summed E-state index contributed by atoms with van der Waals surface area (Å²) in [5, 5.41) is 0. The molecule has 2 aromatic rings. The van der Waals surface area contributed by atoms with Gasteiger partial charge in [0.1, 0.15) is 0 Å². The fraction of sp³-hybridized carbons (Fsp3) is 0. The molecule has 0 radical (unpaired) electrons. The molecule has 0 atom stereocenters. The largest absolute Gasteiger partial charge is 0.366 e. The molecule has 0 aliphatic carbocycles. The Morgan fingerprint density at radius 3 is 2.69 bits per heavy atom. The van der Waals surface area contributed by atoms with E-state index in [4.69, 9.17) is 5.73 Å². The minimum absolute atomic E-state index is 0.191. The van der Waals surface area contributed by atoms with Gasteiger partial charge >= 0.3 is 0 Å². The second kappa shape index (κ2) is 4.02. The number of pyridine rings is 1. The molecule has 0 bridgehead atoms. The van der Waals surface area contributed by atoms with Crippen LogP contribution >= 0.6 is 0 Å². The number of hydrogen-bond donors (Lipinski definition) is 2. The maximum absolute atomic E-state index is 11.5. The van der Waals surface area contributed by atoms with Crippen molar-refractivity contribution in [2.24, 2.45) is 5.73 Å². The van der Waals surface area contributed by atoms with Crippen molar-refractivity contribution in [2.45, 2.75) is 0 Å². The molecule has 3 N–H and O–H groups in total. The fourth-order valence-corrected chi connectivity index (χ4v) is 1.49. The highest BCUT2D eigenvalue weighted by Crippen LogP contribution is 2.15. The van der Waals surface area contributed by atoms with Crippen LogP contribution in [0.25, 0.3) is 11.1 Å². The molecule has 2 rings (SSSR count). The number of nitrogens with two attached hydrogens (primary N) is 1. The van der Waals surface area contributed by atoms with Crippen LogP contribution in [0.15, 0.2) is 47.4 Å². The molecule has 1 amide bonds. The van der Waals surface area contributed by atoms with E-state index >= 15 is 0 Å². The lowest BCUT2D eigenvalue weighted by molar-refractivity contribution is 0.100. The minimum Gasteiger partial charge on any atom is -0.366 e. The summed E-state index contributed by atoms with van der Waals surface area (Å²) in [7, 11) is 0. The van der Waals surface area contributed by atoms with Gasteiger partial charge in [-0.2, -0.15) is 0 Å². The highest BCUT2D eigenvalue weighted by molar-refractivity contribution is 5.94. The molecule has 1 heterocycles. The Labute approximate surface area is 91.7 Å². The van der Waals surface area contributed by atoms with Gasteiger partial charge in [-0.05, 0) is 29.8 Å². The van der Waals surface area contributed by atoms with Gasteiger partial charge < -0.3 is 10.7 Å². The van der Waals surface area contributed by atoms with E-state index in [0.29, 0.717) is 16.7 Å². The molecule has 0 aliphatic heterocycles. The van der Waals surface area contributed by atoms with Gasteiger partial charge in [-0.15, -0.1) is 0 Å². The Morgan fingerprint density at radius 2 is 2.00 bits per heavy atom. The Balaban J connectivity index is 2.57. The van der Waals surface area contributed by atoms with Crippen LogP contribution in [0, 0.1) is 0 Å². The predicted molar refractivity (Wildman–Crippen MR) is 61.0 cm³/mol. The first-order chi connectivity index (χ1) is 7.68. The number of carbonyl (C=O) groups is 1. The maximum Gasteiger partial charge on any atom is 0.255 e. The van der Waals surface area contributed by atoms with E-state index < -0.39 is 5.91 Å². The molecule has 4 heteroatoms. The van der Waals surface area contributed by atoms with Gasteiger partial charge in [-0.1, -0.05) is 12.1 Å². The predicted octanol–water partition coefficient (Wildman–Crippen LogP) is 1.14. The van der Waals surface area contributed by atoms with Crippen LogP contribution in [-0.2, 0) is 0 Å². The van der Waals surface area contributed by atoms with E-state index in [0.717, 1.165) is 0 Å². The van der Waals surface area contributed by atoms with E-state index in [-0.39, 0.29) is 5.56 Å². The number of amides is 1. The molecule has 1 aromatic heterocycles. The minimum atomic E-state index is -0.505. The van der Waals surface area contributed by atoms with Gasteiger partial charge in [0.05, 0.1) is 0 Å². The van der Waals surface area contributed by atoms with Crippen molar-refractivity contribution in [1.82, 2.24) is 4.98 Å². The zero-order valence-corrected chi connectivity index (χ0v) is 8.44. The van der Waals surface area contributed by atoms with Crippen LogP contribution in [0.2, 0.25) is 0 Å². The first kappa shape index (κ1) is 10.2. The van der Waals surface area contributed by atoms with Gasteiger partial charge in [0.25, 0.3) is 5.56 Å². The third kappa shape index (κ3) is 1.86. The molecule has 1 aromatic carbocycles. The average molecular weight is 214 g/mol. The maximum atomic E-state index is 11.5. The fourth-order valence-electron chi connectivity index (χ4n) is 1.49. The summed E-state index contributed by atoms with van der Waals surface area (Å²) in [6, 6.07) is 10.1. The molecule has 16 heavy (non-hydrogen) atoms. The summed E-state index contributed by atoms with van der Waals surface area (Å²) in [5.41, 5.74) is 6.57. The first-order valence-electron chi connectivity index (χ1n) is 4.76. The summed E-state index contributed by atoms with van der Waals surface area (Å²) < 4.78 is 0. The van der Waals surface area contributed by atoms with E-state index in [9.17, 15) is 9.59 Å². The average Bonchev–Trinajstić information content (AvgIpc) is 2.30. The van der Waals surface area contributed by atoms with Crippen LogP contribution in [0.5, 0.6) is 0 Å². The molecule has 0 fully saturated rings. The number of benzene rings is 1. The number of aromatic amines is 1. The van der Waals surface area contributed by atoms with Gasteiger partial charge in [-0.25, -0.2) is 0 Å². The second-order valence-electron chi connectivity index (χ2n) is 3.36. The molecule has 0 saturated heterocycles. The quantitative estimate of drug-likeness (QED) is 0.786. The zero-order chi connectivity index (χ0) is 11.5. The lowest BCUT2D eigenvalue weighted by atomic mass is 10.0. The smallest absolute Gasteiger partial charge is 0.255 e. The number of rotatable bonds is 2. The van der Waals surface area contributed by atoms with Gasteiger partial charge in [0.15, 0.2) is 0 Å². The van der Waals surface area contributed by atoms with E-state index in [1.54, 1.807) is 42.6 Å². The SMILES string of the molecule is NC(=O)c1cccc(-c2ccc[nH]c2=O)c1. The summed E-state index contributed by atoms with van der Waals surface area (Å²) in [6.45, 7) is 0. The zero-order valence-electron chi connectivity index (χ0n) is 8.44. The van der Waals surface area contributed by atoms with Gasteiger partial charge in [-0.3, -0.25) is 9.59 Å². The highest BCUT2D eigenvalue weighted by atomic mass is 16.1. The van der Waals surface area contributed by atoms with Crippen LogP contribution in [0.1, 0.15) is 10.4 Å². The molecule has 0 unspecified atom stereocenters. The third-order valence-corrected chi connectivity index (χ3v) is 2.28. The van der Waals surface area contributed by atoms with Gasteiger partial charge in [0, 0.05) is 17.3 Å². The number of H-pyrrole nitrogens is 1. The Kier molecular flexibility index (Phi) is 2.55. The van der Waals surface area contributed by atoms with Crippen molar-refractivity contribution >= 4 is 5.91 Å². The molecule has 4 nitrogen and oxygen atoms in total. The van der Waals surface area contributed by atoms with Crippen LogP contribution in [0.3, 0.4) is 0 Å². The summed E-state index contributed by atoms with van der Waals surface area (Å²) in [6.07, 6.45) is 1.56. The number of primary amides is 1. The molecule has 0 spiro atoms. The van der Waals surface area contributed by atoms with E-state index in [1.807, 2.05) is 0 Å². The topological polar surface area (TPSA) is 76.0 Å². The van der Waals surface area contributed by atoms with Crippen molar-refractivity contribution in [3.63, 3.8) is 0 Å². The van der Waals surface area contributed by atoms with Crippen LogP contribution < -0.4 is 11.3 Å². The number of hydrogen-bond acceptors (Lipinski definition) is 2. The van der Waals surface area contributed by atoms with Crippen molar-refractivity contribution < 1.29 is 4.79 Å². The normalized spacial score (nSPS) is 10.0. The van der Waals surface area contributed by atoms with Crippen molar-refractivity contribution in [3.05, 3.63) is 58.5 Å². The highest BCUT2D eigenvalue weighted by Gasteiger charge is 2.05. The molecule has 0 saturated carbocycles. The Morgan fingerprint density at radius 1 is 1.19 bits per heavy atom. The van der Waals surface area contributed by atoms with Crippen molar-refractivity contribution in [3.8, 4) is 11.1 Å². The van der Waals surface area contributed by atoms with Gasteiger partial charge in [0.2, 0.25) is 5.91 Å². The van der Waals surface area contributed by atoms with Crippen LogP contribution in [0.4, 0.5) is 0 Å². The third-order valence-electron chi connectivity index (χ3n) is 2.28.